The fourth-order valence-electron chi connectivity index (χ4n) is 1.81. The number of nitrogens with one attached hydrogen (secondary N) is 2. The molecular formula is C14H28N2O4. The van der Waals surface area contributed by atoms with Crippen molar-refractivity contribution in [1.29, 1.82) is 0 Å². The molecule has 0 bridgehead atoms. The number of amides is 2. The van der Waals surface area contributed by atoms with Crippen molar-refractivity contribution < 1.29 is 19.4 Å². The third kappa shape index (κ3) is 9.61. The summed E-state index contributed by atoms with van der Waals surface area (Å²) in [7, 11) is 1.65. The van der Waals surface area contributed by atoms with E-state index < -0.39 is 5.97 Å². The predicted molar refractivity (Wildman–Crippen MR) is 77.8 cm³/mol. The lowest BCUT2D eigenvalue weighted by Crippen LogP contribution is -2.45. The van der Waals surface area contributed by atoms with Crippen LogP contribution in [0, 0.1) is 5.41 Å². The Balaban J connectivity index is 4.15. The summed E-state index contributed by atoms with van der Waals surface area (Å²) in [4.78, 5) is 22.5. The van der Waals surface area contributed by atoms with Gasteiger partial charge in [-0.05, 0) is 18.3 Å². The SMILES string of the molecule is CCCC(CC(=O)O)NC(=O)NCC(C)(C)CCOC. The summed E-state index contributed by atoms with van der Waals surface area (Å²) in [6.45, 7) is 7.23. The van der Waals surface area contributed by atoms with Crippen LogP contribution in [0.25, 0.3) is 0 Å². The van der Waals surface area contributed by atoms with E-state index in [9.17, 15) is 9.59 Å². The minimum Gasteiger partial charge on any atom is -0.481 e. The Labute approximate surface area is 121 Å². The van der Waals surface area contributed by atoms with Crippen molar-refractivity contribution in [3.05, 3.63) is 0 Å². The van der Waals surface area contributed by atoms with Crippen molar-refractivity contribution in [2.24, 2.45) is 5.41 Å². The van der Waals surface area contributed by atoms with Crippen LogP contribution >= 0.6 is 0 Å². The Morgan fingerprint density at radius 1 is 1.35 bits per heavy atom. The molecule has 0 aliphatic heterocycles. The van der Waals surface area contributed by atoms with Crippen LogP contribution in [0.4, 0.5) is 4.79 Å². The Hall–Kier alpha value is -1.30. The van der Waals surface area contributed by atoms with E-state index >= 15 is 0 Å². The van der Waals surface area contributed by atoms with Gasteiger partial charge in [0, 0.05) is 26.3 Å². The van der Waals surface area contributed by atoms with Gasteiger partial charge in [-0.2, -0.15) is 0 Å². The van der Waals surface area contributed by atoms with Gasteiger partial charge in [0.15, 0.2) is 0 Å². The largest absolute Gasteiger partial charge is 0.481 e. The van der Waals surface area contributed by atoms with Gasteiger partial charge < -0.3 is 20.5 Å². The Bertz CT molecular complexity index is 306. The monoisotopic (exact) mass is 288 g/mol. The first-order valence-corrected chi connectivity index (χ1v) is 7.06. The molecule has 6 nitrogen and oxygen atoms in total. The summed E-state index contributed by atoms with van der Waals surface area (Å²) >= 11 is 0. The van der Waals surface area contributed by atoms with E-state index in [4.69, 9.17) is 9.84 Å². The molecule has 118 valence electrons. The number of methoxy groups -OCH3 is 1. The number of carboxylic acids is 1. The maximum Gasteiger partial charge on any atom is 0.315 e. The second kappa shape index (κ2) is 9.58. The lowest BCUT2D eigenvalue weighted by molar-refractivity contribution is -0.137. The lowest BCUT2D eigenvalue weighted by Gasteiger charge is -2.25. The molecular weight excluding hydrogens is 260 g/mol. The van der Waals surface area contributed by atoms with Crippen molar-refractivity contribution in [3.63, 3.8) is 0 Å². The van der Waals surface area contributed by atoms with Gasteiger partial charge >= 0.3 is 12.0 Å². The van der Waals surface area contributed by atoms with Crippen LogP contribution in [0.2, 0.25) is 0 Å². The van der Waals surface area contributed by atoms with Crippen LogP contribution in [-0.4, -0.2) is 43.4 Å². The standard InChI is InChI=1S/C14H28N2O4/c1-5-6-11(9-12(17)18)16-13(19)15-10-14(2,3)7-8-20-4/h11H,5-10H2,1-4H3,(H,17,18)(H2,15,16,19). The zero-order chi connectivity index (χ0) is 15.6. The Morgan fingerprint density at radius 2 is 2.00 bits per heavy atom. The predicted octanol–water partition coefficient (Wildman–Crippen LogP) is 1.99. The topological polar surface area (TPSA) is 87.7 Å². The zero-order valence-corrected chi connectivity index (χ0v) is 13.0. The van der Waals surface area contributed by atoms with E-state index in [1.54, 1.807) is 7.11 Å². The maximum absolute atomic E-state index is 11.8. The molecule has 0 heterocycles. The van der Waals surface area contributed by atoms with E-state index in [1.165, 1.54) is 0 Å². The van der Waals surface area contributed by atoms with Gasteiger partial charge in [0.25, 0.3) is 0 Å². The quantitative estimate of drug-likeness (QED) is 0.573. The molecule has 3 N–H and O–H groups in total. The van der Waals surface area contributed by atoms with Crippen LogP contribution in [0.1, 0.15) is 46.5 Å². The van der Waals surface area contributed by atoms with E-state index in [-0.39, 0.29) is 23.9 Å². The smallest absolute Gasteiger partial charge is 0.315 e. The number of hydrogen-bond donors (Lipinski definition) is 3. The van der Waals surface area contributed by atoms with E-state index in [0.717, 1.165) is 12.8 Å². The molecule has 0 fully saturated rings. The molecule has 0 aromatic heterocycles. The molecule has 0 saturated heterocycles. The molecule has 0 spiro atoms. The number of urea groups is 1. The van der Waals surface area contributed by atoms with Gasteiger partial charge in [-0.3, -0.25) is 4.79 Å². The highest BCUT2D eigenvalue weighted by atomic mass is 16.5. The molecule has 6 heteroatoms. The first-order chi connectivity index (χ1) is 9.30. The minimum absolute atomic E-state index is 0.0473. The summed E-state index contributed by atoms with van der Waals surface area (Å²) in [6, 6.07) is -0.630. The van der Waals surface area contributed by atoms with Gasteiger partial charge in [0.1, 0.15) is 0 Å². The van der Waals surface area contributed by atoms with Crippen LogP contribution in [0.5, 0.6) is 0 Å². The van der Waals surface area contributed by atoms with Crippen molar-refractivity contribution in [2.75, 3.05) is 20.3 Å². The summed E-state index contributed by atoms with van der Waals surface area (Å²) in [6.07, 6.45) is 2.29. The molecule has 0 aliphatic rings. The molecule has 1 atom stereocenters. The number of carbonyl (C=O) groups is 2. The van der Waals surface area contributed by atoms with Crippen LogP contribution in [-0.2, 0) is 9.53 Å². The molecule has 1 unspecified atom stereocenters. The number of hydrogen-bond acceptors (Lipinski definition) is 3. The maximum atomic E-state index is 11.8. The highest BCUT2D eigenvalue weighted by molar-refractivity contribution is 5.75. The van der Waals surface area contributed by atoms with E-state index in [1.807, 2.05) is 20.8 Å². The Morgan fingerprint density at radius 3 is 2.50 bits per heavy atom. The van der Waals surface area contributed by atoms with Gasteiger partial charge in [-0.15, -0.1) is 0 Å². The third-order valence-corrected chi connectivity index (χ3v) is 3.10. The fraction of sp³-hybridized carbons (Fsp3) is 0.857. The minimum atomic E-state index is -0.899. The van der Waals surface area contributed by atoms with Gasteiger partial charge in [0.05, 0.1) is 6.42 Å². The van der Waals surface area contributed by atoms with Crippen LogP contribution in [0.15, 0.2) is 0 Å². The fourth-order valence-corrected chi connectivity index (χ4v) is 1.81. The molecule has 0 saturated carbocycles. The summed E-state index contributed by atoms with van der Waals surface area (Å²) in [5, 5.41) is 14.3. The average Bonchev–Trinajstić information content (AvgIpc) is 2.34. The second-order valence-corrected chi connectivity index (χ2v) is 5.82. The zero-order valence-electron chi connectivity index (χ0n) is 13.0. The molecule has 0 aromatic carbocycles. The van der Waals surface area contributed by atoms with Crippen molar-refractivity contribution in [1.82, 2.24) is 10.6 Å². The number of carboxylic acid groups (broad SMARTS) is 1. The number of carbonyl (C=O) groups excluding carboxylic acids is 1. The van der Waals surface area contributed by atoms with Crippen molar-refractivity contribution in [2.45, 2.75) is 52.5 Å². The lowest BCUT2D eigenvalue weighted by atomic mass is 9.90. The molecule has 20 heavy (non-hydrogen) atoms. The number of aliphatic carboxylic acids is 1. The van der Waals surface area contributed by atoms with Crippen molar-refractivity contribution in [3.8, 4) is 0 Å². The van der Waals surface area contributed by atoms with Crippen LogP contribution < -0.4 is 10.6 Å². The van der Waals surface area contributed by atoms with Crippen LogP contribution in [0.3, 0.4) is 0 Å². The number of ether oxygens (including phenoxy) is 1. The molecule has 0 rings (SSSR count). The highest BCUT2D eigenvalue weighted by Gasteiger charge is 2.20. The highest BCUT2D eigenvalue weighted by Crippen LogP contribution is 2.18. The molecule has 0 aromatic rings. The molecule has 0 radical (unpaired) electrons. The van der Waals surface area contributed by atoms with E-state index in [0.29, 0.717) is 19.6 Å². The summed E-state index contributed by atoms with van der Waals surface area (Å²) < 4.78 is 5.03. The first-order valence-electron chi connectivity index (χ1n) is 7.06. The summed E-state index contributed by atoms with van der Waals surface area (Å²) in [5.41, 5.74) is -0.0552. The normalized spacial score (nSPS) is 12.8. The average molecular weight is 288 g/mol. The van der Waals surface area contributed by atoms with Gasteiger partial charge in [0.2, 0.25) is 0 Å². The third-order valence-electron chi connectivity index (χ3n) is 3.10. The summed E-state index contributed by atoms with van der Waals surface area (Å²) in [5.74, 6) is -0.899. The molecule has 2 amide bonds. The second-order valence-electron chi connectivity index (χ2n) is 5.82. The Kier molecular flexibility index (Phi) is 8.96. The number of rotatable bonds is 10. The van der Waals surface area contributed by atoms with Crippen molar-refractivity contribution >= 4 is 12.0 Å². The molecule has 0 aliphatic carbocycles. The van der Waals surface area contributed by atoms with Gasteiger partial charge in [-0.1, -0.05) is 27.2 Å². The van der Waals surface area contributed by atoms with Gasteiger partial charge in [-0.25, -0.2) is 4.79 Å². The first kappa shape index (κ1) is 18.7. The van der Waals surface area contributed by atoms with E-state index in [2.05, 4.69) is 10.6 Å².